The van der Waals surface area contributed by atoms with Crippen molar-refractivity contribution in [1.29, 1.82) is 0 Å². The van der Waals surface area contributed by atoms with E-state index in [0.717, 1.165) is 16.9 Å². The molecule has 134 valence electrons. The Bertz CT molecular complexity index is 542. The Kier molecular flexibility index (Phi) is 7.75. The molecule has 2 N–H and O–H groups in total. The highest BCUT2D eigenvalue weighted by Crippen LogP contribution is 2.21. The second-order valence-electron chi connectivity index (χ2n) is 7.03. The molecule has 0 saturated carbocycles. The molecule has 0 aliphatic rings. The summed E-state index contributed by atoms with van der Waals surface area (Å²) in [5.74, 6) is 0.867. The van der Waals surface area contributed by atoms with Crippen molar-refractivity contribution in [2.24, 2.45) is 5.41 Å². The third-order valence-corrected chi connectivity index (χ3v) is 3.63. The number of rotatable bonds is 8. The van der Waals surface area contributed by atoms with Crippen molar-refractivity contribution in [3.05, 3.63) is 29.3 Å². The van der Waals surface area contributed by atoms with E-state index in [1.54, 1.807) is 0 Å². The third-order valence-electron chi connectivity index (χ3n) is 3.63. The highest BCUT2D eigenvalue weighted by atomic mass is 16.5. The smallest absolute Gasteiger partial charge is 0.225 e. The lowest BCUT2D eigenvalue weighted by atomic mass is 9.96. The number of hydrogen-bond donors (Lipinski definition) is 2. The number of aryl methyl sites for hydroxylation is 2. The number of carbonyl (C=O) groups excluding carboxylic acids is 2. The summed E-state index contributed by atoms with van der Waals surface area (Å²) in [5.41, 5.74) is 1.79. The van der Waals surface area contributed by atoms with Gasteiger partial charge < -0.3 is 15.4 Å². The predicted molar refractivity (Wildman–Crippen MR) is 96.1 cm³/mol. The molecule has 0 aromatic heterocycles. The van der Waals surface area contributed by atoms with E-state index < -0.39 is 5.41 Å². The van der Waals surface area contributed by atoms with Crippen LogP contribution in [-0.2, 0) is 9.59 Å². The van der Waals surface area contributed by atoms with E-state index in [9.17, 15) is 9.59 Å². The topological polar surface area (TPSA) is 67.4 Å². The van der Waals surface area contributed by atoms with Crippen LogP contribution < -0.4 is 15.4 Å². The Morgan fingerprint density at radius 1 is 1.04 bits per heavy atom. The zero-order valence-electron chi connectivity index (χ0n) is 15.5. The number of para-hydroxylation sites is 1. The summed E-state index contributed by atoms with van der Waals surface area (Å²) in [4.78, 5) is 23.4. The van der Waals surface area contributed by atoms with Crippen LogP contribution in [0.15, 0.2) is 18.2 Å². The van der Waals surface area contributed by atoms with Crippen LogP contribution in [-0.4, -0.2) is 31.5 Å². The molecule has 5 heteroatoms. The second-order valence-corrected chi connectivity index (χ2v) is 7.03. The number of benzene rings is 1. The molecule has 24 heavy (non-hydrogen) atoms. The van der Waals surface area contributed by atoms with Gasteiger partial charge in [-0.15, -0.1) is 0 Å². The summed E-state index contributed by atoms with van der Waals surface area (Å²) < 4.78 is 5.74. The Morgan fingerprint density at radius 3 is 2.25 bits per heavy atom. The molecular formula is C19H30N2O3. The first kappa shape index (κ1) is 20.0. The van der Waals surface area contributed by atoms with Gasteiger partial charge in [-0.3, -0.25) is 9.59 Å². The number of nitrogens with one attached hydrogen (secondary N) is 2. The quantitative estimate of drug-likeness (QED) is 0.718. The van der Waals surface area contributed by atoms with Crippen molar-refractivity contribution in [2.45, 2.75) is 47.5 Å². The van der Waals surface area contributed by atoms with Crippen molar-refractivity contribution >= 4 is 11.8 Å². The molecule has 0 fully saturated rings. The van der Waals surface area contributed by atoms with E-state index >= 15 is 0 Å². The largest absolute Gasteiger partial charge is 0.491 e. The molecule has 0 atom stereocenters. The fourth-order valence-corrected chi connectivity index (χ4v) is 2.17. The van der Waals surface area contributed by atoms with Crippen LogP contribution in [0.4, 0.5) is 0 Å². The minimum atomic E-state index is -0.396. The molecule has 0 spiro atoms. The number of carbonyl (C=O) groups is 2. The van der Waals surface area contributed by atoms with Crippen LogP contribution in [0.5, 0.6) is 5.75 Å². The van der Waals surface area contributed by atoms with E-state index in [0.29, 0.717) is 32.5 Å². The van der Waals surface area contributed by atoms with E-state index in [2.05, 4.69) is 10.6 Å². The van der Waals surface area contributed by atoms with E-state index in [-0.39, 0.29) is 11.8 Å². The molecule has 1 aromatic carbocycles. The number of amides is 2. The van der Waals surface area contributed by atoms with Gasteiger partial charge in [-0.25, -0.2) is 0 Å². The average Bonchev–Trinajstić information content (AvgIpc) is 2.49. The van der Waals surface area contributed by atoms with Gasteiger partial charge in [0.1, 0.15) is 12.4 Å². The van der Waals surface area contributed by atoms with E-state index in [1.807, 2.05) is 52.8 Å². The van der Waals surface area contributed by atoms with Crippen LogP contribution in [0.25, 0.3) is 0 Å². The summed E-state index contributed by atoms with van der Waals surface area (Å²) in [6.45, 7) is 11.0. The Hall–Kier alpha value is -2.04. The van der Waals surface area contributed by atoms with Crippen molar-refractivity contribution in [3.63, 3.8) is 0 Å². The molecule has 0 unspecified atom stereocenters. The number of hydrogen-bond acceptors (Lipinski definition) is 3. The number of ether oxygens (including phenoxy) is 1. The lowest BCUT2D eigenvalue weighted by Gasteiger charge is -2.17. The van der Waals surface area contributed by atoms with Gasteiger partial charge >= 0.3 is 0 Å². The minimum absolute atomic E-state index is 0.00455. The van der Waals surface area contributed by atoms with Gasteiger partial charge in [0.2, 0.25) is 11.8 Å². The van der Waals surface area contributed by atoms with Gasteiger partial charge in [-0.05, 0) is 31.4 Å². The summed E-state index contributed by atoms with van der Waals surface area (Å²) in [6, 6.07) is 6.01. The van der Waals surface area contributed by atoms with Crippen LogP contribution in [0.3, 0.4) is 0 Å². The van der Waals surface area contributed by atoms with Crippen molar-refractivity contribution in [1.82, 2.24) is 10.6 Å². The maximum absolute atomic E-state index is 11.8. The summed E-state index contributed by atoms with van der Waals surface area (Å²) in [6.07, 6.45) is 1.03. The highest BCUT2D eigenvalue weighted by molar-refractivity contribution is 5.81. The van der Waals surface area contributed by atoms with Crippen molar-refractivity contribution < 1.29 is 14.3 Å². The summed E-state index contributed by atoms with van der Waals surface area (Å²) >= 11 is 0. The molecular weight excluding hydrogens is 304 g/mol. The molecule has 0 radical (unpaired) electrons. The molecule has 2 amide bonds. The van der Waals surface area contributed by atoms with Gasteiger partial charge in [-0.1, -0.05) is 39.0 Å². The normalized spacial score (nSPS) is 11.0. The van der Waals surface area contributed by atoms with Gasteiger partial charge in [0.25, 0.3) is 0 Å². The highest BCUT2D eigenvalue weighted by Gasteiger charge is 2.20. The predicted octanol–water partition coefficient (Wildman–Crippen LogP) is 2.74. The molecule has 0 saturated heterocycles. The van der Waals surface area contributed by atoms with Gasteiger partial charge in [0.05, 0.1) is 6.54 Å². The fraction of sp³-hybridized carbons (Fsp3) is 0.579. The van der Waals surface area contributed by atoms with Crippen LogP contribution in [0.2, 0.25) is 0 Å². The fourth-order valence-electron chi connectivity index (χ4n) is 2.17. The van der Waals surface area contributed by atoms with E-state index in [1.165, 1.54) is 0 Å². The first-order valence-electron chi connectivity index (χ1n) is 8.46. The molecule has 0 heterocycles. The molecule has 5 nitrogen and oxygen atoms in total. The third kappa shape index (κ3) is 7.02. The first-order valence-corrected chi connectivity index (χ1v) is 8.46. The average molecular weight is 334 g/mol. The summed E-state index contributed by atoms with van der Waals surface area (Å²) in [5, 5.41) is 5.67. The van der Waals surface area contributed by atoms with Gasteiger partial charge in [0.15, 0.2) is 0 Å². The Balaban J connectivity index is 2.16. The molecule has 0 aliphatic heterocycles. The van der Waals surface area contributed by atoms with Crippen molar-refractivity contribution in [3.8, 4) is 5.75 Å². The zero-order chi connectivity index (χ0) is 18.2. The lowest BCUT2D eigenvalue weighted by Crippen LogP contribution is -2.36. The molecule has 0 bridgehead atoms. The van der Waals surface area contributed by atoms with Gasteiger partial charge in [0, 0.05) is 18.4 Å². The lowest BCUT2D eigenvalue weighted by molar-refractivity contribution is -0.128. The van der Waals surface area contributed by atoms with Crippen LogP contribution in [0.1, 0.15) is 44.7 Å². The molecule has 1 aromatic rings. The zero-order valence-corrected chi connectivity index (χ0v) is 15.5. The maximum Gasteiger partial charge on any atom is 0.225 e. The second kappa shape index (κ2) is 9.30. The Labute approximate surface area is 145 Å². The molecule has 0 aliphatic carbocycles. The van der Waals surface area contributed by atoms with Crippen molar-refractivity contribution in [2.75, 3.05) is 19.7 Å². The monoisotopic (exact) mass is 334 g/mol. The minimum Gasteiger partial charge on any atom is -0.491 e. The Morgan fingerprint density at radius 2 is 1.67 bits per heavy atom. The first-order chi connectivity index (χ1) is 11.2. The summed E-state index contributed by atoms with van der Waals surface area (Å²) in [7, 11) is 0. The van der Waals surface area contributed by atoms with Crippen LogP contribution in [0, 0.1) is 19.3 Å². The molecule has 1 rings (SSSR count). The van der Waals surface area contributed by atoms with Gasteiger partial charge in [-0.2, -0.15) is 0 Å². The standard InChI is InChI=1S/C19H30N2O3/c1-14-8-6-9-15(2)17(14)24-13-12-20-16(22)10-7-11-21-18(23)19(3,4)5/h6,8-9H,7,10-13H2,1-5H3,(H,20,22)(H,21,23). The van der Waals surface area contributed by atoms with Crippen LogP contribution >= 0.6 is 0 Å². The SMILES string of the molecule is Cc1cccc(C)c1OCCNC(=O)CCCNC(=O)C(C)(C)C. The van der Waals surface area contributed by atoms with E-state index in [4.69, 9.17) is 4.74 Å². The maximum atomic E-state index is 11.8.